The van der Waals surface area contributed by atoms with Crippen molar-refractivity contribution in [3.05, 3.63) is 72.8 Å². The van der Waals surface area contributed by atoms with Crippen LogP contribution in [0.4, 0.5) is 0 Å². The largest absolute Gasteiger partial charge is 0.481 e. The zero-order valence-electron chi connectivity index (χ0n) is 17.6. The van der Waals surface area contributed by atoms with Gasteiger partial charge in [-0.1, -0.05) is 48.5 Å². The number of carboxylic acids is 1. The van der Waals surface area contributed by atoms with Gasteiger partial charge < -0.3 is 9.84 Å². The van der Waals surface area contributed by atoms with Crippen LogP contribution in [0.15, 0.2) is 77.7 Å². The molecule has 0 aromatic heterocycles. The van der Waals surface area contributed by atoms with Crippen molar-refractivity contribution in [3.8, 4) is 5.75 Å². The minimum Gasteiger partial charge on any atom is -0.481 e. The number of carboxylic acid groups (broad SMARTS) is 1. The van der Waals surface area contributed by atoms with Crippen LogP contribution in [-0.2, 0) is 14.8 Å². The molecule has 0 spiro atoms. The maximum absolute atomic E-state index is 13.2. The van der Waals surface area contributed by atoms with Gasteiger partial charge in [0.2, 0.25) is 10.0 Å². The number of rotatable bonds is 8. The van der Waals surface area contributed by atoms with Gasteiger partial charge in [0.1, 0.15) is 5.75 Å². The van der Waals surface area contributed by atoms with Gasteiger partial charge in [-0.05, 0) is 35.0 Å². The average molecular weight is 455 g/mol. The van der Waals surface area contributed by atoms with Gasteiger partial charge in [0.15, 0.2) is 6.23 Å². The molecule has 168 valence electrons. The number of piperazine rings is 1. The lowest BCUT2D eigenvalue weighted by Gasteiger charge is -2.38. The Balaban J connectivity index is 1.46. The zero-order valence-corrected chi connectivity index (χ0v) is 18.4. The summed E-state index contributed by atoms with van der Waals surface area (Å²) in [5.74, 6) is -0.224. The zero-order chi connectivity index (χ0) is 22.6. The third-order valence-electron chi connectivity index (χ3n) is 5.66. The molecule has 8 heteroatoms. The SMILES string of the molecule is O=C(O)CCC(Oc1ccccc1)N1CCN(S(=O)(=O)c2ccc3ccccc3c2)CC1. The number of hydrogen-bond donors (Lipinski definition) is 1. The standard InChI is InChI=1S/C24H26N2O5S/c27-24(28)13-12-23(31-21-8-2-1-3-9-21)25-14-16-26(17-15-25)32(29,30)22-11-10-19-6-4-5-7-20(19)18-22/h1-11,18,23H,12-17H2,(H,27,28). The summed E-state index contributed by atoms with van der Waals surface area (Å²) in [6.45, 7) is 1.56. The number of aliphatic carboxylic acids is 1. The van der Waals surface area contributed by atoms with Gasteiger partial charge in [0.25, 0.3) is 0 Å². The van der Waals surface area contributed by atoms with Crippen LogP contribution in [0.2, 0.25) is 0 Å². The maximum Gasteiger partial charge on any atom is 0.303 e. The molecule has 1 heterocycles. The highest BCUT2D eigenvalue weighted by Gasteiger charge is 2.32. The van der Waals surface area contributed by atoms with Crippen LogP contribution in [0.5, 0.6) is 5.75 Å². The minimum absolute atomic E-state index is 0.0207. The molecule has 0 radical (unpaired) electrons. The number of carbonyl (C=O) groups is 1. The molecular formula is C24H26N2O5S. The molecule has 1 saturated heterocycles. The molecule has 32 heavy (non-hydrogen) atoms. The lowest BCUT2D eigenvalue weighted by atomic mass is 10.1. The third-order valence-corrected chi connectivity index (χ3v) is 7.55. The minimum atomic E-state index is -3.62. The number of ether oxygens (including phenoxy) is 1. The molecule has 1 aliphatic rings. The number of benzene rings is 3. The van der Waals surface area contributed by atoms with Crippen molar-refractivity contribution in [2.75, 3.05) is 26.2 Å². The Morgan fingerprint density at radius 3 is 2.25 bits per heavy atom. The van der Waals surface area contributed by atoms with E-state index in [9.17, 15) is 13.2 Å². The maximum atomic E-state index is 13.2. The van der Waals surface area contributed by atoms with E-state index in [0.29, 0.717) is 38.3 Å². The van der Waals surface area contributed by atoms with Crippen LogP contribution < -0.4 is 4.74 Å². The van der Waals surface area contributed by atoms with Crippen molar-refractivity contribution in [1.82, 2.24) is 9.21 Å². The summed E-state index contributed by atoms with van der Waals surface area (Å²) < 4.78 is 34.0. The normalized spacial score (nSPS) is 16.6. The van der Waals surface area contributed by atoms with Crippen LogP contribution in [0, 0.1) is 0 Å². The summed E-state index contributed by atoms with van der Waals surface area (Å²) in [5.41, 5.74) is 0. The van der Waals surface area contributed by atoms with Gasteiger partial charge in [-0.25, -0.2) is 8.42 Å². The van der Waals surface area contributed by atoms with E-state index in [-0.39, 0.29) is 11.3 Å². The second kappa shape index (κ2) is 9.68. The molecule has 0 saturated carbocycles. The fourth-order valence-corrected chi connectivity index (χ4v) is 5.39. The lowest BCUT2D eigenvalue weighted by Crippen LogP contribution is -2.53. The summed E-state index contributed by atoms with van der Waals surface area (Å²) in [5, 5.41) is 11.0. The van der Waals surface area contributed by atoms with E-state index < -0.39 is 22.2 Å². The monoisotopic (exact) mass is 454 g/mol. The average Bonchev–Trinajstić information content (AvgIpc) is 2.82. The first-order chi connectivity index (χ1) is 15.4. The molecule has 4 rings (SSSR count). The summed E-state index contributed by atoms with van der Waals surface area (Å²) >= 11 is 0. The van der Waals surface area contributed by atoms with Gasteiger partial charge in [-0.2, -0.15) is 4.31 Å². The van der Waals surface area contributed by atoms with Crippen LogP contribution in [0.25, 0.3) is 10.8 Å². The van der Waals surface area contributed by atoms with Crippen LogP contribution in [-0.4, -0.2) is 61.1 Å². The van der Waals surface area contributed by atoms with Crippen molar-refractivity contribution in [2.45, 2.75) is 24.0 Å². The van der Waals surface area contributed by atoms with Crippen molar-refractivity contribution in [2.24, 2.45) is 0 Å². The van der Waals surface area contributed by atoms with Gasteiger partial charge in [0.05, 0.1) is 11.3 Å². The molecular weight excluding hydrogens is 428 g/mol. The Kier molecular flexibility index (Phi) is 6.74. The molecule has 3 aromatic carbocycles. The van der Waals surface area contributed by atoms with E-state index in [1.54, 1.807) is 12.1 Å². The molecule has 3 aromatic rings. The summed E-state index contributed by atoms with van der Waals surface area (Å²) in [7, 11) is -3.62. The molecule has 0 amide bonds. The van der Waals surface area contributed by atoms with Gasteiger partial charge >= 0.3 is 5.97 Å². The Morgan fingerprint density at radius 2 is 1.56 bits per heavy atom. The number of para-hydroxylation sites is 1. The van der Waals surface area contributed by atoms with E-state index in [1.165, 1.54) is 4.31 Å². The Morgan fingerprint density at radius 1 is 0.906 bits per heavy atom. The molecule has 1 aliphatic heterocycles. The van der Waals surface area contributed by atoms with Gasteiger partial charge in [0, 0.05) is 32.6 Å². The number of sulfonamides is 1. The van der Waals surface area contributed by atoms with Crippen molar-refractivity contribution >= 4 is 26.8 Å². The topological polar surface area (TPSA) is 87.2 Å². The van der Waals surface area contributed by atoms with Gasteiger partial charge in [-0.3, -0.25) is 9.69 Å². The first-order valence-electron chi connectivity index (χ1n) is 10.6. The predicted molar refractivity (Wildman–Crippen MR) is 122 cm³/mol. The first-order valence-corrected chi connectivity index (χ1v) is 12.0. The molecule has 1 fully saturated rings. The highest BCUT2D eigenvalue weighted by Crippen LogP contribution is 2.24. The number of nitrogens with zero attached hydrogens (tertiary/aromatic N) is 2. The van der Waals surface area contributed by atoms with E-state index in [2.05, 4.69) is 0 Å². The molecule has 0 bridgehead atoms. The van der Waals surface area contributed by atoms with E-state index >= 15 is 0 Å². The summed E-state index contributed by atoms with van der Waals surface area (Å²) in [6, 6.07) is 22.1. The molecule has 7 nitrogen and oxygen atoms in total. The first kappa shape index (κ1) is 22.3. The second-order valence-corrected chi connectivity index (χ2v) is 9.70. The fourth-order valence-electron chi connectivity index (χ4n) is 3.93. The summed E-state index contributed by atoms with van der Waals surface area (Å²) in [6.07, 6.45) is -0.131. The van der Waals surface area contributed by atoms with E-state index in [0.717, 1.165) is 10.8 Å². The Labute approximate surface area is 187 Å². The molecule has 1 atom stereocenters. The number of hydrogen-bond acceptors (Lipinski definition) is 5. The molecule has 0 aliphatic carbocycles. The van der Waals surface area contributed by atoms with E-state index in [1.807, 2.05) is 65.6 Å². The van der Waals surface area contributed by atoms with Crippen LogP contribution >= 0.6 is 0 Å². The smallest absolute Gasteiger partial charge is 0.303 e. The quantitative estimate of drug-likeness (QED) is 0.561. The van der Waals surface area contributed by atoms with E-state index in [4.69, 9.17) is 9.84 Å². The highest BCUT2D eigenvalue weighted by atomic mass is 32.2. The third kappa shape index (κ3) is 5.09. The highest BCUT2D eigenvalue weighted by molar-refractivity contribution is 7.89. The van der Waals surface area contributed by atoms with Gasteiger partial charge in [-0.15, -0.1) is 0 Å². The molecule has 1 unspecified atom stereocenters. The number of fused-ring (bicyclic) bond motifs is 1. The second-order valence-electron chi connectivity index (χ2n) is 7.77. The van der Waals surface area contributed by atoms with Crippen molar-refractivity contribution in [3.63, 3.8) is 0 Å². The van der Waals surface area contributed by atoms with Crippen molar-refractivity contribution < 1.29 is 23.1 Å². The summed E-state index contributed by atoms with van der Waals surface area (Å²) in [4.78, 5) is 13.4. The lowest BCUT2D eigenvalue weighted by molar-refractivity contribution is -0.138. The van der Waals surface area contributed by atoms with Crippen LogP contribution in [0.1, 0.15) is 12.8 Å². The Hall–Kier alpha value is -2.94. The van der Waals surface area contributed by atoms with Crippen molar-refractivity contribution in [1.29, 1.82) is 0 Å². The Bertz CT molecular complexity index is 1180. The fraction of sp³-hybridized carbons (Fsp3) is 0.292. The predicted octanol–water partition coefficient (Wildman–Crippen LogP) is 3.42. The van der Waals surface area contributed by atoms with Crippen LogP contribution in [0.3, 0.4) is 0 Å². The molecule has 1 N–H and O–H groups in total.